The molecule has 0 bridgehead atoms. The molecule has 2 aliphatic rings. The van der Waals surface area contributed by atoms with Crippen LogP contribution in [0.3, 0.4) is 0 Å². The second-order valence-corrected chi connectivity index (χ2v) is 5.57. The van der Waals surface area contributed by atoms with Gasteiger partial charge in [-0.05, 0) is 12.0 Å². The van der Waals surface area contributed by atoms with E-state index in [1.54, 1.807) is 0 Å². The molecule has 3 atom stereocenters. The topological polar surface area (TPSA) is 49.8 Å². The lowest BCUT2D eigenvalue weighted by Crippen LogP contribution is -2.31. The molecule has 3 rings (SSSR count). The number of likely N-dealkylation sites (tertiary alicyclic amines) is 1. The Morgan fingerprint density at radius 3 is 2.89 bits per heavy atom. The van der Waals surface area contributed by atoms with Crippen LogP contribution < -0.4 is 4.74 Å². The Bertz CT molecular complexity index is 488. The fourth-order valence-corrected chi connectivity index (χ4v) is 3.28. The van der Waals surface area contributed by atoms with Gasteiger partial charge in [0.05, 0.1) is 12.5 Å². The first-order valence-electron chi connectivity index (χ1n) is 6.85. The Morgan fingerprint density at radius 2 is 2.16 bits per heavy atom. The first kappa shape index (κ1) is 12.5. The van der Waals surface area contributed by atoms with Gasteiger partial charge < -0.3 is 9.84 Å². The van der Waals surface area contributed by atoms with Gasteiger partial charge in [0, 0.05) is 31.1 Å². The Hall–Kier alpha value is -1.55. The second kappa shape index (κ2) is 4.85. The maximum absolute atomic E-state index is 11.2. The predicted octanol–water partition coefficient (Wildman–Crippen LogP) is 2.16. The van der Waals surface area contributed by atoms with Crippen molar-refractivity contribution in [2.24, 2.45) is 11.8 Å². The summed E-state index contributed by atoms with van der Waals surface area (Å²) in [6.45, 7) is 4.25. The Morgan fingerprint density at radius 1 is 1.37 bits per heavy atom. The van der Waals surface area contributed by atoms with E-state index in [4.69, 9.17) is 4.74 Å². The molecule has 1 aromatic carbocycles. The second-order valence-electron chi connectivity index (χ2n) is 5.57. The fraction of sp³-hybridized carbons (Fsp3) is 0.533. The number of carbonyl (C=O) groups is 1. The smallest absolute Gasteiger partial charge is 0.308 e. The molecule has 2 heterocycles. The van der Waals surface area contributed by atoms with Crippen molar-refractivity contribution in [2.45, 2.75) is 19.4 Å². The zero-order valence-corrected chi connectivity index (χ0v) is 11.1. The van der Waals surface area contributed by atoms with Crippen molar-refractivity contribution in [3.63, 3.8) is 0 Å². The molecule has 1 N–H and O–H groups in total. The highest BCUT2D eigenvalue weighted by atomic mass is 16.5. The molecule has 0 aliphatic carbocycles. The summed E-state index contributed by atoms with van der Waals surface area (Å²) in [5, 5.41) is 9.24. The summed E-state index contributed by atoms with van der Waals surface area (Å²) < 4.78 is 5.67. The SMILES string of the molecule is CC1CN(C2CCOc3ccccc32)CC1C(=O)O. The molecule has 1 saturated heterocycles. The minimum absolute atomic E-state index is 0.215. The van der Waals surface area contributed by atoms with Gasteiger partial charge in [0.1, 0.15) is 5.75 Å². The van der Waals surface area contributed by atoms with E-state index in [0.29, 0.717) is 19.2 Å². The van der Waals surface area contributed by atoms with E-state index in [0.717, 1.165) is 18.7 Å². The highest BCUT2D eigenvalue weighted by Gasteiger charge is 2.39. The predicted molar refractivity (Wildman–Crippen MR) is 71.2 cm³/mol. The molecule has 0 saturated carbocycles. The minimum Gasteiger partial charge on any atom is -0.493 e. The summed E-state index contributed by atoms with van der Waals surface area (Å²) in [6.07, 6.45) is 0.941. The van der Waals surface area contributed by atoms with E-state index < -0.39 is 5.97 Å². The minimum atomic E-state index is -0.671. The largest absolute Gasteiger partial charge is 0.493 e. The first-order valence-corrected chi connectivity index (χ1v) is 6.85. The van der Waals surface area contributed by atoms with E-state index in [-0.39, 0.29) is 11.8 Å². The number of carboxylic acids is 1. The molecular weight excluding hydrogens is 242 g/mol. The zero-order valence-electron chi connectivity index (χ0n) is 11.1. The van der Waals surface area contributed by atoms with E-state index >= 15 is 0 Å². The molecule has 1 aromatic rings. The third kappa shape index (κ3) is 2.21. The first-order chi connectivity index (χ1) is 9.16. The molecule has 3 unspecified atom stereocenters. The van der Waals surface area contributed by atoms with Gasteiger partial charge in [-0.1, -0.05) is 25.1 Å². The fourth-order valence-electron chi connectivity index (χ4n) is 3.28. The molecule has 4 nitrogen and oxygen atoms in total. The number of para-hydroxylation sites is 1. The number of nitrogens with zero attached hydrogens (tertiary/aromatic N) is 1. The van der Waals surface area contributed by atoms with Crippen molar-refractivity contribution < 1.29 is 14.6 Å². The third-order valence-corrected chi connectivity index (χ3v) is 4.33. The monoisotopic (exact) mass is 261 g/mol. The van der Waals surface area contributed by atoms with Crippen molar-refractivity contribution in [2.75, 3.05) is 19.7 Å². The highest BCUT2D eigenvalue weighted by molar-refractivity contribution is 5.71. The molecule has 1 fully saturated rings. The van der Waals surface area contributed by atoms with Crippen LogP contribution in [-0.4, -0.2) is 35.7 Å². The molecule has 0 radical (unpaired) electrons. The Labute approximate surface area is 113 Å². The van der Waals surface area contributed by atoms with Crippen LogP contribution in [0.5, 0.6) is 5.75 Å². The number of benzene rings is 1. The summed E-state index contributed by atoms with van der Waals surface area (Å²) in [5.74, 6) is 0.253. The van der Waals surface area contributed by atoms with Crippen molar-refractivity contribution >= 4 is 5.97 Å². The van der Waals surface area contributed by atoms with E-state index in [1.165, 1.54) is 5.56 Å². The summed E-state index contributed by atoms with van der Waals surface area (Å²) in [6, 6.07) is 8.40. The summed E-state index contributed by atoms with van der Waals surface area (Å²) in [4.78, 5) is 13.5. The Balaban J connectivity index is 1.83. The van der Waals surface area contributed by atoms with Crippen molar-refractivity contribution in [1.29, 1.82) is 0 Å². The van der Waals surface area contributed by atoms with Crippen molar-refractivity contribution in [3.05, 3.63) is 29.8 Å². The molecule has 0 aromatic heterocycles. The van der Waals surface area contributed by atoms with Crippen LogP contribution in [0.25, 0.3) is 0 Å². The number of carboxylic acid groups (broad SMARTS) is 1. The van der Waals surface area contributed by atoms with Gasteiger partial charge >= 0.3 is 5.97 Å². The van der Waals surface area contributed by atoms with Gasteiger partial charge in [0.25, 0.3) is 0 Å². The van der Waals surface area contributed by atoms with Crippen molar-refractivity contribution in [3.8, 4) is 5.75 Å². The van der Waals surface area contributed by atoms with E-state index in [9.17, 15) is 9.90 Å². The molecule has 4 heteroatoms. The summed E-state index contributed by atoms with van der Waals surface area (Å²) in [5.41, 5.74) is 1.20. The third-order valence-electron chi connectivity index (χ3n) is 4.33. The standard InChI is InChI=1S/C15H19NO3/c1-10-8-16(9-12(10)15(17)18)13-6-7-19-14-5-3-2-4-11(13)14/h2-5,10,12-13H,6-9H2,1H3,(H,17,18). The Kier molecular flexibility index (Phi) is 3.19. The van der Waals surface area contributed by atoms with Crippen molar-refractivity contribution in [1.82, 2.24) is 4.90 Å². The highest BCUT2D eigenvalue weighted by Crippen LogP contribution is 2.39. The van der Waals surface area contributed by atoms with Crippen LogP contribution in [0, 0.1) is 11.8 Å². The lowest BCUT2D eigenvalue weighted by molar-refractivity contribution is -0.142. The maximum Gasteiger partial charge on any atom is 0.308 e. The number of aliphatic carboxylic acids is 1. The van der Waals surface area contributed by atoms with Gasteiger partial charge in [-0.25, -0.2) is 0 Å². The molecule has 19 heavy (non-hydrogen) atoms. The average Bonchev–Trinajstić information content (AvgIpc) is 2.80. The number of hydrogen-bond donors (Lipinski definition) is 1. The van der Waals surface area contributed by atoms with Crippen LogP contribution in [0.2, 0.25) is 0 Å². The number of hydrogen-bond acceptors (Lipinski definition) is 3. The molecule has 0 amide bonds. The molecule has 2 aliphatic heterocycles. The van der Waals surface area contributed by atoms with Gasteiger partial charge in [-0.15, -0.1) is 0 Å². The normalized spacial score (nSPS) is 30.7. The van der Waals surface area contributed by atoms with E-state index in [1.807, 2.05) is 25.1 Å². The molecule has 0 spiro atoms. The summed E-state index contributed by atoms with van der Waals surface area (Å²) in [7, 11) is 0. The van der Waals surface area contributed by atoms with Gasteiger partial charge in [0.2, 0.25) is 0 Å². The number of fused-ring (bicyclic) bond motifs is 1. The van der Waals surface area contributed by atoms with Crippen LogP contribution >= 0.6 is 0 Å². The number of ether oxygens (including phenoxy) is 1. The summed E-state index contributed by atoms with van der Waals surface area (Å²) >= 11 is 0. The van der Waals surface area contributed by atoms with Gasteiger partial charge in [0.15, 0.2) is 0 Å². The maximum atomic E-state index is 11.2. The molecule has 102 valence electrons. The van der Waals surface area contributed by atoms with Crippen LogP contribution in [0.1, 0.15) is 24.9 Å². The zero-order chi connectivity index (χ0) is 13.4. The van der Waals surface area contributed by atoms with Crippen LogP contribution in [0.4, 0.5) is 0 Å². The lowest BCUT2D eigenvalue weighted by Gasteiger charge is -2.33. The lowest BCUT2D eigenvalue weighted by atomic mass is 9.99. The van der Waals surface area contributed by atoms with Gasteiger partial charge in [-0.2, -0.15) is 0 Å². The molecular formula is C15H19NO3. The van der Waals surface area contributed by atoms with E-state index in [2.05, 4.69) is 11.0 Å². The van der Waals surface area contributed by atoms with Gasteiger partial charge in [-0.3, -0.25) is 9.69 Å². The number of rotatable bonds is 2. The quantitative estimate of drug-likeness (QED) is 0.886. The van der Waals surface area contributed by atoms with Crippen LogP contribution in [-0.2, 0) is 4.79 Å². The van der Waals surface area contributed by atoms with Crippen LogP contribution in [0.15, 0.2) is 24.3 Å². The average molecular weight is 261 g/mol.